The first-order valence-corrected chi connectivity index (χ1v) is 6.90. The Labute approximate surface area is 101 Å². The van der Waals surface area contributed by atoms with E-state index in [4.69, 9.17) is 11.6 Å². The Hall–Kier alpha value is -0.570. The smallest absolute Gasteiger partial charge is 0.148 e. The van der Waals surface area contributed by atoms with E-state index in [-0.39, 0.29) is 0 Å². The third kappa shape index (κ3) is 1.97. The lowest BCUT2D eigenvalue weighted by Crippen LogP contribution is -2.09. The molecule has 0 spiro atoms. The standard InChI is InChI=1S/C12H18ClN3/c13-8-12-15-14-11(16(12)10-5-6-10)7-9-3-1-2-4-9/h9-10H,1-8H2. The molecule has 3 rings (SSSR count). The van der Waals surface area contributed by atoms with Crippen LogP contribution in [0.5, 0.6) is 0 Å². The topological polar surface area (TPSA) is 30.7 Å². The van der Waals surface area contributed by atoms with E-state index in [9.17, 15) is 0 Å². The molecule has 1 aromatic heterocycles. The van der Waals surface area contributed by atoms with Crippen molar-refractivity contribution in [3.05, 3.63) is 11.6 Å². The third-order valence-corrected chi connectivity index (χ3v) is 4.05. The Bertz CT molecular complexity index is 364. The van der Waals surface area contributed by atoms with Gasteiger partial charge in [0.25, 0.3) is 0 Å². The van der Waals surface area contributed by atoms with Crippen molar-refractivity contribution in [3.8, 4) is 0 Å². The van der Waals surface area contributed by atoms with Crippen LogP contribution >= 0.6 is 11.6 Å². The van der Waals surface area contributed by atoms with Crippen molar-refractivity contribution < 1.29 is 0 Å². The van der Waals surface area contributed by atoms with E-state index in [0.29, 0.717) is 11.9 Å². The molecule has 16 heavy (non-hydrogen) atoms. The molecule has 2 aliphatic rings. The van der Waals surface area contributed by atoms with E-state index >= 15 is 0 Å². The highest BCUT2D eigenvalue weighted by molar-refractivity contribution is 6.16. The van der Waals surface area contributed by atoms with Crippen LogP contribution in [0, 0.1) is 5.92 Å². The fraction of sp³-hybridized carbons (Fsp3) is 0.833. The minimum absolute atomic E-state index is 0.494. The first-order valence-electron chi connectivity index (χ1n) is 6.37. The summed E-state index contributed by atoms with van der Waals surface area (Å²) in [6.45, 7) is 0. The maximum atomic E-state index is 5.91. The lowest BCUT2D eigenvalue weighted by Gasteiger charge is -2.11. The molecule has 3 nitrogen and oxygen atoms in total. The van der Waals surface area contributed by atoms with Crippen LogP contribution in [0.25, 0.3) is 0 Å². The van der Waals surface area contributed by atoms with Crippen LogP contribution in [0.15, 0.2) is 0 Å². The molecule has 2 aliphatic carbocycles. The van der Waals surface area contributed by atoms with Crippen molar-refractivity contribution in [2.45, 2.75) is 56.9 Å². The predicted octanol–water partition coefficient (Wildman–Crippen LogP) is 3.08. The van der Waals surface area contributed by atoms with Crippen molar-refractivity contribution >= 4 is 11.6 Å². The molecule has 2 fully saturated rings. The maximum absolute atomic E-state index is 5.91. The zero-order chi connectivity index (χ0) is 11.0. The molecule has 0 atom stereocenters. The molecule has 4 heteroatoms. The average Bonchev–Trinajstić information content (AvgIpc) is 2.86. The zero-order valence-electron chi connectivity index (χ0n) is 9.53. The fourth-order valence-corrected chi connectivity index (χ4v) is 3.00. The molecule has 0 aliphatic heterocycles. The monoisotopic (exact) mass is 239 g/mol. The summed E-state index contributed by atoms with van der Waals surface area (Å²) in [5.41, 5.74) is 0. The molecular weight excluding hydrogens is 222 g/mol. The van der Waals surface area contributed by atoms with E-state index in [1.54, 1.807) is 0 Å². The van der Waals surface area contributed by atoms with Gasteiger partial charge in [0.1, 0.15) is 11.6 Å². The summed E-state index contributed by atoms with van der Waals surface area (Å²) in [6.07, 6.45) is 9.19. The van der Waals surface area contributed by atoms with E-state index in [1.807, 2.05) is 0 Å². The van der Waals surface area contributed by atoms with Gasteiger partial charge in [0.05, 0.1) is 5.88 Å². The second-order valence-electron chi connectivity index (χ2n) is 5.12. The molecule has 1 heterocycles. The normalized spacial score (nSPS) is 21.8. The number of alkyl halides is 1. The van der Waals surface area contributed by atoms with Gasteiger partial charge in [-0.2, -0.15) is 0 Å². The highest BCUT2D eigenvalue weighted by Crippen LogP contribution is 2.38. The Kier molecular flexibility index (Phi) is 2.88. The summed E-state index contributed by atoms with van der Waals surface area (Å²) in [6, 6.07) is 0.653. The largest absolute Gasteiger partial charge is 0.311 e. The van der Waals surface area contributed by atoms with Crippen molar-refractivity contribution in [3.63, 3.8) is 0 Å². The van der Waals surface area contributed by atoms with Gasteiger partial charge in [-0.25, -0.2) is 0 Å². The molecule has 0 aromatic carbocycles. The van der Waals surface area contributed by atoms with Gasteiger partial charge in [-0.05, 0) is 18.8 Å². The highest BCUT2D eigenvalue weighted by atomic mass is 35.5. The van der Waals surface area contributed by atoms with Gasteiger partial charge in [-0.3, -0.25) is 0 Å². The number of hydrogen-bond acceptors (Lipinski definition) is 2. The van der Waals surface area contributed by atoms with Gasteiger partial charge >= 0.3 is 0 Å². The summed E-state index contributed by atoms with van der Waals surface area (Å²) < 4.78 is 2.31. The molecule has 0 saturated heterocycles. The molecule has 2 saturated carbocycles. The second kappa shape index (κ2) is 4.36. The molecule has 0 N–H and O–H groups in total. The maximum Gasteiger partial charge on any atom is 0.148 e. The first kappa shape index (κ1) is 10.6. The Morgan fingerprint density at radius 1 is 1.06 bits per heavy atom. The Balaban J connectivity index is 1.79. The van der Waals surface area contributed by atoms with Crippen molar-refractivity contribution in [1.82, 2.24) is 14.8 Å². The second-order valence-corrected chi connectivity index (χ2v) is 5.39. The number of halogens is 1. The summed E-state index contributed by atoms with van der Waals surface area (Å²) >= 11 is 5.91. The molecule has 88 valence electrons. The van der Waals surface area contributed by atoms with Gasteiger partial charge in [-0.15, -0.1) is 21.8 Å². The van der Waals surface area contributed by atoms with Gasteiger partial charge < -0.3 is 4.57 Å². The first-order chi connectivity index (χ1) is 7.88. The zero-order valence-corrected chi connectivity index (χ0v) is 10.3. The number of nitrogens with zero attached hydrogens (tertiary/aromatic N) is 3. The minimum atomic E-state index is 0.494. The summed E-state index contributed by atoms with van der Waals surface area (Å²) in [5.74, 6) is 3.49. The molecule has 0 unspecified atom stereocenters. The molecular formula is C12H18ClN3. The van der Waals surface area contributed by atoms with Gasteiger partial charge in [-0.1, -0.05) is 25.7 Å². The van der Waals surface area contributed by atoms with Gasteiger partial charge in [0.15, 0.2) is 0 Å². The molecule has 1 aromatic rings. The minimum Gasteiger partial charge on any atom is -0.311 e. The van der Waals surface area contributed by atoms with Crippen LogP contribution in [0.4, 0.5) is 0 Å². The third-order valence-electron chi connectivity index (χ3n) is 3.81. The summed E-state index contributed by atoms with van der Waals surface area (Å²) in [7, 11) is 0. The average molecular weight is 240 g/mol. The number of aromatic nitrogens is 3. The molecule has 0 radical (unpaired) electrons. The Morgan fingerprint density at radius 2 is 1.75 bits per heavy atom. The van der Waals surface area contributed by atoms with E-state index < -0.39 is 0 Å². The van der Waals surface area contributed by atoms with Crippen LogP contribution in [0.3, 0.4) is 0 Å². The molecule has 0 amide bonds. The van der Waals surface area contributed by atoms with Crippen LogP contribution in [-0.4, -0.2) is 14.8 Å². The summed E-state index contributed by atoms with van der Waals surface area (Å²) in [4.78, 5) is 0. The number of hydrogen-bond donors (Lipinski definition) is 0. The SMILES string of the molecule is ClCc1nnc(CC2CCCC2)n1C1CC1. The summed E-state index contributed by atoms with van der Waals surface area (Å²) in [5, 5.41) is 8.56. The van der Waals surface area contributed by atoms with Crippen LogP contribution in [0.2, 0.25) is 0 Å². The predicted molar refractivity (Wildman–Crippen MR) is 63.5 cm³/mol. The van der Waals surface area contributed by atoms with E-state index in [1.165, 1.54) is 44.3 Å². The Morgan fingerprint density at radius 3 is 2.38 bits per heavy atom. The van der Waals surface area contributed by atoms with E-state index in [2.05, 4.69) is 14.8 Å². The van der Waals surface area contributed by atoms with Gasteiger partial charge in [0.2, 0.25) is 0 Å². The van der Waals surface area contributed by atoms with Crippen LogP contribution in [-0.2, 0) is 12.3 Å². The molecule has 0 bridgehead atoms. The number of rotatable bonds is 4. The van der Waals surface area contributed by atoms with Crippen LogP contribution < -0.4 is 0 Å². The fourth-order valence-electron chi connectivity index (χ4n) is 2.82. The van der Waals surface area contributed by atoms with Crippen LogP contribution in [0.1, 0.15) is 56.2 Å². The van der Waals surface area contributed by atoms with E-state index in [0.717, 1.165) is 18.2 Å². The van der Waals surface area contributed by atoms with Crippen molar-refractivity contribution in [1.29, 1.82) is 0 Å². The lowest BCUT2D eigenvalue weighted by molar-refractivity contribution is 0.508. The lowest BCUT2D eigenvalue weighted by atomic mass is 10.0. The van der Waals surface area contributed by atoms with Crippen molar-refractivity contribution in [2.24, 2.45) is 5.92 Å². The quantitative estimate of drug-likeness (QED) is 0.756. The van der Waals surface area contributed by atoms with Gasteiger partial charge in [0, 0.05) is 12.5 Å². The van der Waals surface area contributed by atoms with Crippen molar-refractivity contribution in [2.75, 3.05) is 0 Å². The highest BCUT2D eigenvalue weighted by Gasteiger charge is 2.30.